The van der Waals surface area contributed by atoms with Gasteiger partial charge in [0.25, 0.3) is 0 Å². The molecule has 0 saturated carbocycles. The van der Waals surface area contributed by atoms with Gasteiger partial charge in [0.1, 0.15) is 0 Å². The van der Waals surface area contributed by atoms with Gasteiger partial charge in [-0.25, -0.2) is 4.79 Å². The molecule has 0 radical (unpaired) electrons. The van der Waals surface area contributed by atoms with Crippen LogP contribution in [0.25, 0.3) is 0 Å². The van der Waals surface area contributed by atoms with E-state index in [0.29, 0.717) is 6.61 Å². The summed E-state index contributed by atoms with van der Waals surface area (Å²) >= 11 is 0. The number of nitrogens with zero attached hydrogens (tertiary/aromatic N) is 2. The third kappa shape index (κ3) is 3.97. The normalized spacial score (nSPS) is 18.4. The molecule has 1 N–H and O–H groups in total. The zero-order valence-electron chi connectivity index (χ0n) is 14.1. The Bertz CT molecular complexity index is 508. The number of methoxy groups -OCH3 is 1. The molecule has 1 aromatic heterocycles. The number of ether oxygens (including phenoxy) is 1. The van der Waals surface area contributed by atoms with Crippen molar-refractivity contribution in [3.8, 4) is 0 Å². The van der Waals surface area contributed by atoms with Gasteiger partial charge in [-0.3, -0.25) is 4.98 Å². The number of hydrogen-bond acceptors (Lipinski definition) is 3. The highest BCUT2D eigenvalue weighted by Crippen LogP contribution is 2.23. The lowest BCUT2D eigenvalue weighted by Gasteiger charge is -2.36. The molecule has 1 aliphatic heterocycles. The van der Waals surface area contributed by atoms with Crippen molar-refractivity contribution >= 4 is 11.7 Å². The number of aromatic nitrogens is 1. The molecule has 22 heavy (non-hydrogen) atoms. The van der Waals surface area contributed by atoms with Crippen LogP contribution in [0.4, 0.5) is 10.5 Å². The molecule has 5 heteroatoms. The molecular formula is C17H27N3O2. The number of piperidine rings is 1. The summed E-state index contributed by atoms with van der Waals surface area (Å²) in [5, 5.41) is 3.07. The number of carbonyl (C=O) groups is 1. The van der Waals surface area contributed by atoms with Crippen molar-refractivity contribution in [3.05, 3.63) is 23.0 Å². The van der Waals surface area contributed by atoms with E-state index in [2.05, 4.69) is 10.3 Å². The van der Waals surface area contributed by atoms with Crippen LogP contribution in [0.5, 0.6) is 0 Å². The van der Waals surface area contributed by atoms with E-state index >= 15 is 0 Å². The summed E-state index contributed by atoms with van der Waals surface area (Å²) < 4.78 is 5.17. The Morgan fingerprint density at radius 1 is 1.41 bits per heavy atom. The maximum Gasteiger partial charge on any atom is 0.322 e. The van der Waals surface area contributed by atoms with Gasteiger partial charge in [0.15, 0.2) is 0 Å². The molecule has 0 spiro atoms. The summed E-state index contributed by atoms with van der Waals surface area (Å²) in [6, 6.07) is 2.26. The monoisotopic (exact) mass is 305 g/mol. The average Bonchev–Trinajstić information content (AvgIpc) is 2.48. The van der Waals surface area contributed by atoms with Crippen LogP contribution in [-0.2, 0) is 4.74 Å². The zero-order chi connectivity index (χ0) is 16.1. The first-order chi connectivity index (χ1) is 10.5. The molecule has 2 amide bonds. The first kappa shape index (κ1) is 16.7. The highest BCUT2D eigenvalue weighted by Gasteiger charge is 2.27. The van der Waals surface area contributed by atoms with Gasteiger partial charge in [0.05, 0.1) is 11.4 Å². The van der Waals surface area contributed by atoms with Crippen molar-refractivity contribution in [3.63, 3.8) is 0 Å². The van der Waals surface area contributed by atoms with Crippen molar-refractivity contribution in [2.45, 2.75) is 52.5 Å². The van der Waals surface area contributed by atoms with E-state index in [4.69, 9.17) is 4.74 Å². The van der Waals surface area contributed by atoms with Gasteiger partial charge in [-0.15, -0.1) is 0 Å². The summed E-state index contributed by atoms with van der Waals surface area (Å²) in [6.45, 7) is 7.43. The fraction of sp³-hybridized carbons (Fsp3) is 0.647. The molecule has 0 aromatic carbocycles. The Morgan fingerprint density at radius 3 is 2.86 bits per heavy atom. The number of urea groups is 1. The average molecular weight is 305 g/mol. The minimum atomic E-state index is -0.0161. The summed E-state index contributed by atoms with van der Waals surface area (Å²) in [6.07, 6.45) is 4.21. The van der Waals surface area contributed by atoms with Crippen molar-refractivity contribution in [1.82, 2.24) is 9.88 Å². The smallest absolute Gasteiger partial charge is 0.322 e. The Labute approximate surface area is 133 Å². The molecule has 1 atom stereocenters. The Hall–Kier alpha value is -1.62. The first-order valence-corrected chi connectivity index (χ1v) is 8.04. The van der Waals surface area contributed by atoms with Crippen molar-refractivity contribution in [2.24, 2.45) is 0 Å². The van der Waals surface area contributed by atoms with E-state index < -0.39 is 0 Å². The SMILES string of the molecule is COCCC1CCCCN1C(=O)Nc1c(C)cc(C)nc1C. The van der Waals surface area contributed by atoms with Gasteiger partial charge in [-0.05, 0) is 58.1 Å². The largest absolute Gasteiger partial charge is 0.385 e. The van der Waals surface area contributed by atoms with E-state index in [1.54, 1.807) is 7.11 Å². The predicted octanol–water partition coefficient (Wildman–Crippen LogP) is 3.43. The molecule has 1 saturated heterocycles. The van der Waals surface area contributed by atoms with E-state index in [1.807, 2.05) is 31.7 Å². The number of likely N-dealkylation sites (tertiary alicyclic amines) is 1. The molecule has 1 aliphatic rings. The van der Waals surface area contributed by atoms with Gasteiger partial charge in [-0.1, -0.05) is 0 Å². The van der Waals surface area contributed by atoms with Gasteiger partial charge < -0.3 is 15.0 Å². The number of anilines is 1. The molecule has 1 aromatic rings. The quantitative estimate of drug-likeness (QED) is 0.927. The third-order valence-corrected chi connectivity index (χ3v) is 4.30. The van der Waals surface area contributed by atoms with Crippen LogP contribution in [-0.4, -0.2) is 42.2 Å². The summed E-state index contributed by atoms with van der Waals surface area (Å²) in [5.41, 5.74) is 3.75. The lowest BCUT2D eigenvalue weighted by atomic mass is 10.00. The number of rotatable bonds is 4. The van der Waals surface area contributed by atoms with Crippen LogP contribution in [0.2, 0.25) is 0 Å². The fourth-order valence-corrected chi connectivity index (χ4v) is 3.21. The summed E-state index contributed by atoms with van der Waals surface area (Å²) in [4.78, 5) is 19.1. The van der Waals surface area contributed by atoms with Gasteiger partial charge >= 0.3 is 6.03 Å². The highest BCUT2D eigenvalue weighted by atomic mass is 16.5. The number of hydrogen-bond donors (Lipinski definition) is 1. The standard InChI is InChI=1S/C17H27N3O2/c1-12-11-13(2)18-14(3)16(12)19-17(21)20-9-6-5-7-15(20)8-10-22-4/h11,15H,5-10H2,1-4H3,(H,19,21). The van der Waals surface area contributed by atoms with Crippen molar-refractivity contribution < 1.29 is 9.53 Å². The second kappa shape index (κ2) is 7.58. The first-order valence-electron chi connectivity index (χ1n) is 8.04. The molecule has 5 nitrogen and oxygen atoms in total. The van der Waals surface area contributed by atoms with E-state index in [1.165, 1.54) is 6.42 Å². The second-order valence-corrected chi connectivity index (χ2v) is 6.10. The van der Waals surface area contributed by atoms with Crippen LogP contribution in [0.3, 0.4) is 0 Å². The van der Waals surface area contributed by atoms with Crippen molar-refractivity contribution in [1.29, 1.82) is 0 Å². The molecule has 0 bridgehead atoms. The van der Waals surface area contributed by atoms with Crippen LogP contribution in [0.1, 0.15) is 42.6 Å². The summed E-state index contributed by atoms with van der Waals surface area (Å²) in [5.74, 6) is 0. The number of carbonyl (C=O) groups excluding carboxylic acids is 1. The maximum absolute atomic E-state index is 12.7. The topological polar surface area (TPSA) is 54.5 Å². The second-order valence-electron chi connectivity index (χ2n) is 6.10. The molecular weight excluding hydrogens is 278 g/mol. The van der Waals surface area contributed by atoms with E-state index in [-0.39, 0.29) is 12.1 Å². The number of nitrogens with one attached hydrogen (secondary N) is 1. The Balaban J connectivity index is 2.10. The van der Waals surface area contributed by atoms with Crippen LogP contribution in [0.15, 0.2) is 6.07 Å². The van der Waals surface area contributed by atoms with Gasteiger partial charge in [0, 0.05) is 32.0 Å². The van der Waals surface area contributed by atoms with Gasteiger partial charge in [-0.2, -0.15) is 0 Å². The Kier molecular flexibility index (Phi) is 5.77. The third-order valence-electron chi connectivity index (χ3n) is 4.30. The number of pyridine rings is 1. The molecule has 1 unspecified atom stereocenters. The van der Waals surface area contributed by atoms with Crippen LogP contribution < -0.4 is 5.32 Å². The Morgan fingerprint density at radius 2 is 2.18 bits per heavy atom. The minimum Gasteiger partial charge on any atom is -0.385 e. The number of aryl methyl sites for hydroxylation is 3. The lowest BCUT2D eigenvalue weighted by molar-refractivity contribution is 0.123. The minimum absolute atomic E-state index is 0.0161. The molecule has 2 heterocycles. The molecule has 0 aliphatic carbocycles. The molecule has 1 fully saturated rings. The number of amides is 2. The lowest BCUT2D eigenvalue weighted by Crippen LogP contribution is -2.46. The fourth-order valence-electron chi connectivity index (χ4n) is 3.21. The zero-order valence-corrected chi connectivity index (χ0v) is 14.1. The maximum atomic E-state index is 12.7. The summed E-state index contributed by atoms with van der Waals surface area (Å²) in [7, 11) is 1.71. The van der Waals surface area contributed by atoms with E-state index in [9.17, 15) is 4.79 Å². The molecule has 122 valence electrons. The van der Waals surface area contributed by atoms with Crippen LogP contribution >= 0.6 is 0 Å². The van der Waals surface area contributed by atoms with Crippen LogP contribution in [0, 0.1) is 20.8 Å². The van der Waals surface area contributed by atoms with Crippen molar-refractivity contribution in [2.75, 3.05) is 25.6 Å². The molecule has 2 rings (SSSR count). The highest BCUT2D eigenvalue weighted by molar-refractivity contribution is 5.91. The van der Waals surface area contributed by atoms with E-state index in [0.717, 1.165) is 48.4 Å². The van der Waals surface area contributed by atoms with Gasteiger partial charge in [0.2, 0.25) is 0 Å². The predicted molar refractivity (Wildman–Crippen MR) is 88.3 cm³/mol.